The Balaban J connectivity index is 2.01. The van der Waals surface area contributed by atoms with E-state index in [-0.39, 0.29) is 0 Å². The van der Waals surface area contributed by atoms with Crippen LogP contribution >= 0.6 is 43.2 Å². The smallest absolute Gasteiger partial charge is 0.184 e. The first kappa shape index (κ1) is 11.1. The summed E-state index contributed by atoms with van der Waals surface area (Å²) in [7, 11) is 1.90. The maximum atomic E-state index is 4.30. The topological polar surface area (TPSA) is 42.7 Å². The summed E-state index contributed by atoms with van der Waals surface area (Å²) in [5.74, 6) is 0. The highest BCUT2D eigenvalue weighted by Gasteiger charge is 2.05. The van der Waals surface area contributed by atoms with Gasteiger partial charge < -0.3 is 5.32 Å². The molecule has 0 atom stereocenters. The van der Waals surface area contributed by atoms with Crippen molar-refractivity contribution in [2.45, 2.75) is 6.54 Å². The van der Waals surface area contributed by atoms with Crippen molar-refractivity contribution in [2.75, 3.05) is 5.32 Å². The van der Waals surface area contributed by atoms with E-state index in [0.29, 0.717) is 6.54 Å². The number of thiazole rings is 1. The van der Waals surface area contributed by atoms with E-state index in [9.17, 15) is 0 Å². The molecule has 15 heavy (non-hydrogen) atoms. The highest BCUT2D eigenvalue weighted by molar-refractivity contribution is 9.10. The van der Waals surface area contributed by atoms with Crippen LogP contribution in [0.4, 0.5) is 5.13 Å². The van der Waals surface area contributed by atoms with Crippen LogP contribution in [-0.4, -0.2) is 14.8 Å². The van der Waals surface area contributed by atoms with Gasteiger partial charge >= 0.3 is 0 Å². The zero-order valence-electron chi connectivity index (χ0n) is 7.87. The van der Waals surface area contributed by atoms with Gasteiger partial charge in [0, 0.05) is 18.6 Å². The monoisotopic (exact) mass is 350 g/mol. The molecule has 2 heterocycles. The number of halogens is 2. The Hall–Kier alpha value is -0.400. The Bertz CT molecular complexity index is 465. The second-order valence-electron chi connectivity index (χ2n) is 2.93. The Morgan fingerprint density at radius 2 is 2.33 bits per heavy atom. The molecule has 0 saturated carbocycles. The van der Waals surface area contributed by atoms with E-state index < -0.39 is 0 Å². The molecule has 0 unspecified atom stereocenters. The van der Waals surface area contributed by atoms with Crippen molar-refractivity contribution in [3.8, 4) is 0 Å². The first-order valence-electron chi connectivity index (χ1n) is 4.18. The number of hydrogen-bond acceptors (Lipinski definition) is 4. The average Bonchev–Trinajstić information content (AvgIpc) is 2.70. The minimum atomic E-state index is 0.668. The lowest BCUT2D eigenvalue weighted by Gasteiger charge is -1.99. The zero-order chi connectivity index (χ0) is 10.8. The van der Waals surface area contributed by atoms with Gasteiger partial charge in [0.25, 0.3) is 0 Å². The average molecular weight is 352 g/mol. The molecule has 2 rings (SSSR count). The Morgan fingerprint density at radius 1 is 1.53 bits per heavy atom. The van der Waals surface area contributed by atoms with Gasteiger partial charge in [-0.05, 0) is 31.9 Å². The van der Waals surface area contributed by atoms with E-state index in [0.717, 1.165) is 19.9 Å². The predicted molar refractivity (Wildman–Crippen MR) is 68.0 cm³/mol. The Kier molecular flexibility index (Phi) is 3.42. The van der Waals surface area contributed by atoms with E-state index in [1.807, 2.05) is 18.6 Å². The molecule has 0 aliphatic rings. The maximum Gasteiger partial charge on any atom is 0.184 e. The van der Waals surface area contributed by atoms with Gasteiger partial charge in [-0.3, -0.25) is 4.68 Å². The van der Waals surface area contributed by atoms with Crippen molar-refractivity contribution >= 4 is 48.3 Å². The fraction of sp³-hybridized carbons (Fsp3) is 0.250. The van der Waals surface area contributed by atoms with Gasteiger partial charge in [-0.2, -0.15) is 5.10 Å². The standard InChI is InChI=1S/C8H8Br2N4S/c1-14-3-5(9)6(13-14)2-11-8-12-7(10)4-15-8/h3-4H,2H2,1H3,(H,11,12). The third-order valence-electron chi connectivity index (χ3n) is 1.74. The van der Waals surface area contributed by atoms with Gasteiger partial charge in [-0.1, -0.05) is 0 Å². The van der Waals surface area contributed by atoms with Gasteiger partial charge in [0.2, 0.25) is 0 Å². The van der Waals surface area contributed by atoms with Crippen LogP contribution in [-0.2, 0) is 13.6 Å². The molecule has 2 aromatic rings. The second kappa shape index (κ2) is 4.63. The summed E-state index contributed by atoms with van der Waals surface area (Å²) in [6, 6.07) is 0. The van der Waals surface area contributed by atoms with Crippen LogP contribution in [0.1, 0.15) is 5.69 Å². The number of aryl methyl sites for hydroxylation is 1. The molecule has 1 N–H and O–H groups in total. The fourth-order valence-electron chi connectivity index (χ4n) is 1.12. The molecule has 2 aromatic heterocycles. The van der Waals surface area contributed by atoms with E-state index in [1.165, 1.54) is 0 Å². The number of hydrogen-bond donors (Lipinski definition) is 1. The lowest BCUT2D eigenvalue weighted by molar-refractivity contribution is 0.747. The lowest BCUT2D eigenvalue weighted by Crippen LogP contribution is -2.01. The highest BCUT2D eigenvalue weighted by Crippen LogP contribution is 2.21. The van der Waals surface area contributed by atoms with Crippen molar-refractivity contribution in [1.29, 1.82) is 0 Å². The second-order valence-corrected chi connectivity index (χ2v) is 5.45. The quantitative estimate of drug-likeness (QED) is 0.924. The summed E-state index contributed by atoms with van der Waals surface area (Å²) >= 11 is 8.32. The normalized spacial score (nSPS) is 10.6. The molecule has 0 fully saturated rings. The third kappa shape index (κ3) is 2.79. The first-order valence-corrected chi connectivity index (χ1v) is 6.64. The molecule has 4 nitrogen and oxygen atoms in total. The summed E-state index contributed by atoms with van der Waals surface area (Å²) < 4.78 is 3.64. The Morgan fingerprint density at radius 3 is 2.87 bits per heavy atom. The zero-order valence-corrected chi connectivity index (χ0v) is 11.9. The van der Waals surface area contributed by atoms with E-state index in [2.05, 4.69) is 47.3 Å². The molecule has 7 heteroatoms. The summed E-state index contributed by atoms with van der Waals surface area (Å²) in [4.78, 5) is 4.24. The number of anilines is 1. The van der Waals surface area contributed by atoms with Crippen LogP contribution in [0.25, 0.3) is 0 Å². The highest BCUT2D eigenvalue weighted by atomic mass is 79.9. The van der Waals surface area contributed by atoms with Crippen molar-refractivity contribution in [2.24, 2.45) is 7.05 Å². The molecule has 0 amide bonds. The minimum absolute atomic E-state index is 0.668. The van der Waals surface area contributed by atoms with E-state index in [4.69, 9.17) is 0 Å². The number of nitrogens with zero attached hydrogens (tertiary/aromatic N) is 3. The van der Waals surface area contributed by atoms with Crippen molar-refractivity contribution < 1.29 is 0 Å². The summed E-state index contributed by atoms with van der Waals surface area (Å²) in [5.41, 5.74) is 0.976. The predicted octanol–water partition coefficient (Wildman–Crippen LogP) is 3.01. The first-order chi connectivity index (χ1) is 7.15. The molecule has 0 radical (unpaired) electrons. The van der Waals surface area contributed by atoms with E-state index in [1.54, 1.807) is 16.0 Å². The summed E-state index contributed by atoms with van der Waals surface area (Å²) in [5, 5.41) is 10.3. The van der Waals surface area contributed by atoms with Gasteiger partial charge in [-0.25, -0.2) is 4.98 Å². The molecule has 0 saturated heterocycles. The van der Waals surface area contributed by atoms with Crippen molar-refractivity contribution in [3.63, 3.8) is 0 Å². The molecular formula is C8H8Br2N4S. The Labute approximate surface area is 108 Å². The number of rotatable bonds is 3. The maximum absolute atomic E-state index is 4.30. The van der Waals surface area contributed by atoms with Crippen LogP contribution in [0.3, 0.4) is 0 Å². The SMILES string of the molecule is Cn1cc(Br)c(CNc2nc(Br)cs2)n1. The molecule has 0 aliphatic heterocycles. The molecule has 0 aliphatic carbocycles. The molecule has 0 spiro atoms. The third-order valence-corrected chi connectivity index (χ3v) is 3.91. The minimum Gasteiger partial charge on any atom is -0.356 e. The summed E-state index contributed by atoms with van der Waals surface area (Å²) in [6.07, 6.45) is 1.93. The molecular weight excluding hydrogens is 344 g/mol. The largest absolute Gasteiger partial charge is 0.356 e. The van der Waals surface area contributed by atoms with Gasteiger partial charge in [0.15, 0.2) is 5.13 Å². The van der Waals surface area contributed by atoms with Crippen LogP contribution in [0.5, 0.6) is 0 Å². The number of aromatic nitrogens is 3. The van der Waals surface area contributed by atoms with Crippen LogP contribution in [0.2, 0.25) is 0 Å². The molecule has 0 aromatic carbocycles. The lowest BCUT2D eigenvalue weighted by atomic mass is 10.4. The van der Waals surface area contributed by atoms with Crippen LogP contribution in [0, 0.1) is 0 Å². The number of nitrogens with one attached hydrogen (secondary N) is 1. The van der Waals surface area contributed by atoms with Gasteiger partial charge in [-0.15, -0.1) is 11.3 Å². The van der Waals surface area contributed by atoms with E-state index >= 15 is 0 Å². The fourth-order valence-corrected chi connectivity index (χ4v) is 2.78. The summed E-state index contributed by atoms with van der Waals surface area (Å²) in [6.45, 7) is 0.668. The van der Waals surface area contributed by atoms with Crippen molar-refractivity contribution in [1.82, 2.24) is 14.8 Å². The molecule has 80 valence electrons. The molecule has 0 bridgehead atoms. The van der Waals surface area contributed by atoms with Crippen LogP contribution in [0.15, 0.2) is 20.7 Å². The van der Waals surface area contributed by atoms with Crippen LogP contribution < -0.4 is 5.32 Å². The van der Waals surface area contributed by atoms with Gasteiger partial charge in [0.05, 0.1) is 16.7 Å². The van der Waals surface area contributed by atoms with Crippen molar-refractivity contribution in [3.05, 3.63) is 26.3 Å². The van der Waals surface area contributed by atoms with Gasteiger partial charge in [0.1, 0.15) is 4.60 Å².